The third kappa shape index (κ3) is 3.59. The molecule has 1 atom stereocenters. The summed E-state index contributed by atoms with van der Waals surface area (Å²) in [7, 11) is 0. The maximum absolute atomic E-state index is 12.6. The molecule has 2 aromatic carbocycles. The first-order chi connectivity index (χ1) is 11.1. The third-order valence-electron chi connectivity index (χ3n) is 4.26. The molecule has 0 fully saturated rings. The molecule has 0 saturated heterocycles. The van der Waals surface area contributed by atoms with Gasteiger partial charge in [0.05, 0.1) is 12.3 Å². The van der Waals surface area contributed by atoms with Crippen molar-refractivity contribution in [1.82, 2.24) is 0 Å². The summed E-state index contributed by atoms with van der Waals surface area (Å²) in [5, 5.41) is 11.7. The van der Waals surface area contributed by atoms with Crippen LogP contribution in [0.15, 0.2) is 48.5 Å². The number of anilines is 1. The van der Waals surface area contributed by atoms with Gasteiger partial charge in [0.2, 0.25) is 5.91 Å². The first-order valence-corrected chi connectivity index (χ1v) is 7.83. The lowest BCUT2D eigenvalue weighted by Gasteiger charge is -2.24. The van der Waals surface area contributed by atoms with Crippen LogP contribution in [0.25, 0.3) is 0 Å². The maximum Gasteiger partial charge on any atom is 0.307 e. The summed E-state index contributed by atoms with van der Waals surface area (Å²) in [5.74, 6) is -0.970. The molecule has 0 aromatic heterocycles. The predicted octanol–water partition coefficient (Wildman–Crippen LogP) is 3.37. The van der Waals surface area contributed by atoms with Crippen molar-refractivity contribution in [3.63, 3.8) is 0 Å². The first kappa shape index (κ1) is 15.3. The van der Waals surface area contributed by atoms with Crippen molar-refractivity contribution in [3.8, 4) is 0 Å². The van der Waals surface area contributed by atoms with Crippen LogP contribution in [0.2, 0.25) is 0 Å². The van der Waals surface area contributed by atoms with Crippen LogP contribution in [-0.2, 0) is 22.4 Å². The summed E-state index contributed by atoms with van der Waals surface area (Å²) in [4.78, 5) is 23.3. The zero-order valence-electron chi connectivity index (χ0n) is 12.8. The van der Waals surface area contributed by atoms with Crippen molar-refractivity contribution in [2.24, 2.45) is 0 Å². The highest BCUT2D eigenvalue weighted by molar-refractivity contribution is 5.96. The quantitative estimate of drug-likeness (QED) is 0.910. The molecular weight excluding hydrogens is 290 g/mol. The van der Waals surface area contributed by atoms with E-state index >= 15 is 0 Å². The number of rotatable bonds is 4. The Morgan fingerprint density at radius 1 is 1.09 bits per heavy atom. The predicted molar refractivity (Wildman–Crippen MR) is 88.5 cm³/mol. The molecule has 23 heavy (non-hydrogen) atoms. The van der Waals surface area contributed by atoms with Gasteiger partial charge < -0.3 is 10.4 Å². The van der Waals surface area contributed by atoms with Crippen molar-refractivity contribution in [1.29, 1.82) is 0 Å². The average molecular weight is 309 g/mol. The fraction of sp³-hybridized carbons (Fsp3) is 0.263. The summed E-state index contributed by atoms with van der Waals surface area (Å²) in [6, 6.07) is 15.1. The molecule has 3 rings (SSSR count). The number of hydrogen-bond donors (Lipinski definition) is 2. The summed E-state index contributed by atoms with van der Waals surface area (Å²) < 4.78 is 0. The lowest BCUT2D eigenvalue weighted by molar-refractivity contribution is -0.136. The van der Waals surface area contributed by atoms with Crippen molar-refractivity contribution in [2.45, 2.75) is 31.6 Å². The molecule has 118 valence electrons. The standard InChI is InChI=1S/C19H19NO3/c21-18(22)12-13-8-10-15(11-9-13)20-19(23)17-7-3-5-14-4-1-2-6-16(14)17/h1-2,4,6,8-11,17H,3,5,7,12H2,(H,20,23)(H,21,22). The van der Waals surface area contributed by atoms with Gasteiger partial charge in [-0.25, -0.2) is 0 Å². The van der Waals surface area contributed by atoms with Crippen LogP contribution in [0.3, 0.4) is 0 Å². The van der Waals surface area contributed by atoms with Gasteiger partial charge in [-0.1, -0.05) is 36.4 Å². The maximum atomic E-state index is 12.6. The minimum Gasteiger partial charge on any atom is -0.481 e. The molecule has 2 aromatic rings. The van der Waals surface area contributed by atoms with E-state index in [1.54, 1.807) is 24.3 Å². The van der Waals surface area contributed by atoms with E-state index in [2.05, 4.69) is 11.4 Å². The van der Waals surface area contributed by atoms with Crippen LogP contribution >= 0.6 is 0 Å². The Hall–Kier alpha value is -2.62. The van der Waals surface area contributed by atoms with Gasteiger partial charge in [0.25, 0.3) is 0 Å². The molecule has 4 nitrogen and oxygen atoms in total. The Kier molecular flexibility index (Phi) is 4.42. The van der Waals surface area contributed by atoms with Gasteiger partial charge >= 0.3 is 5.97 Å². The molecule has 0 bridgehead atoms. The summed E-state index contributed by atoms with van der Waals surface area (Å²) in [6.45, 7) is 0. The van der Waals surface area contributed by atoms with Gasteiger partial charge in [0.15, 0.2) is 0 Å². The molecule has 0 radical (unpaired) electrons. The molecule has 1 amide bonds. The van der Waals surface area contributed by atoms with Crippen molar-refractivity contribution in [2.75, 3.05) is 5.32 Å². The van der Waals surface area contributed by atoms with E-state index in [0.29, 0.717) is 5.69 Å². The van der Waals surface area contributed by atoms with E-state index in [-0.39, 0.29) is 18.2 Å². The van der Waals surface area contributed by atoms with E-state index in [4.69, 9.17) is 5.11 Å². The highest BCUT2D eigenvalue weighted by atomic mass is 16.4. The second-order valence-electron chi connectivity index (χ2n) is 5.90. The van der Waals surface area contributed by atoms with E-state index in [1.165, 1.54) is 5.56 Å². The molecule has 1 aliphatic carbocycles. The number of aliphatic carboxylic acids is 1. The number of carboxylic acids is 1. The van der Waals surface area contributed by atoms with Crippen molar-refractivity contribution < 1.29 is 14.7 Å². The molecule has 2 N–H and O–H groups in total. The van der Waals surface area contributed by atoms with Crippen molar-refractivity contribution in [3.05, 3.63) is 65.2 Å². The molecule has 0 saturated carbocycles. The third-order valence-corrected chi connectivity index (χ3v) is 4.26. The largest absolute Gasteiger partial charge is 0.481 e. The van der Waals surface area contributed by atoms with E-state index in [9.17, 15) is 9.59 Å². The monoisotopic (exact) mass is 309 g/mol. The number of carbonyl (C=O) groups is 2. The number of carboxylic acid groups (broad SMARTS) is 1. The minimum absolute atomic E-state index is 0.00290. The molecule has 0 aliphatic heterocycles. The number of hydrogen-bond acceptors (Lipinski definition) is 2. The fourth-order valence-corrected chi connectivity index (χ4v) is 3.14. The summed E-state index contributed by atoms with van der Waals surface area (Å²) in [6.07, 6.45) is 2.90. The molecule has 4 heteroatoms. The number of benzene rings is 2. The number of amides is 1. The Labute approximate surface area is 135 Å². The highest BCUT2D eigenvalue weighted by Crippen LogP contribution is 2.32. The van der Waals surface area contributed by atoms with Crippen LogP contribution in [0.5, 0.6) is 0 Å². The average Bonchev–Trinajstić information content (AvgIpc) is 2.55. The number of nitrogens with one attached hydrogen (secondary N) is 1. The van der Waals surface area contributed by atoms with Gasteiger partial charge in [0.1, 0.15) is 0 Å². The van der Waals surface area contributed by atoms with Crippen LogP contribution in [0, 0.1) is 0 Å². The lowest BCUT2D eigenvalue weighted by Crippen LogP contribution is -2.24. The smallest absolute Gasteiger partial charge is 0.307 e. The van der Waals surface area contributed by atoms with Crippen LogP contribution < -0.4 is 5.32 Å². The number of fused-ring (bicyclic) bond motifs is 1. The van der Waals surface area contributed by atoms with E-state index in [0.717, 1.165) is 30.4 Å². The van der Waals surface area contributed by atoms with Gasteiger partial charge in [-0.15, -0.1) is 0 Å². The van der Waals surface area contributed by atoms with Crippen LogP contribution in [0.1, 0.15) is 35.4 Å². The van der Waals surface area contributed by atoms with Crippen molar-refractivity contribution >= 4 is 17.6 Å². The topological polar surface area (TPSA) is 66.4 Å². The van der Waals surface area contributed by atoms with Gasteiger partial charge in [-0.2, -0.15) is 0 Å². The van der Waals surface area contributed by atoms with E-state index < -0.39 is 5.97 Å². The Morgan fingerprint density at radius 3 is 2.57 bits per heavy atom. The molecule has 0 heterocycles. The second-order valence-corrected chi connectivity index (χ2v) is 5.90. The first-order valence-electron chi connectivity index (χ1n) is 7.83. The van der Waals surface area contributed by atoms with Gasteiger partial charge in [-0.3, -0.25) is 9.59 Å². The SMILES string of the molecule is O=C(O)Cc1ccc(NC(=O)C2CCCc3ccccc32)cc1. The Bertz CT molecular complexity index is 722. The lowest BCUT2D eigenvalue weighted by atomic mass is 9.82. The van der Waals surface area contributed by atoms with Crippen LogP contribution in [-0.4, -0.2) is 17.0 Å². The Morgan fingerprint density at radius 2 is 1.83 bits per heavy atom. The minimum atomic E-state index is -0.861. The molecule has 0 spiro atoms. The fourth-order valence-electron chi connectivity index (χ4n) is 3.14. The molecule has 1 unspecified atom stereocenters. The second kappa shape index (κ2) is 6.65. The summed E-state index contributed by atoms with van der Waals surface area (Å²) >= 11 is 0. The molecule has 1 aliphatic rings. The number of aryl methyl sites for hydroxylation is 1. The van der Waals surface area contributed by atoms with E-state index in [1.807, 2.05) is 18.2 Å². The Balaban J connectivity index is 1.71. The zero-order chi connectivity index (χ0) is 16.2. The molecular formula is C19H19NO3. The summed E-state index contributed by atoms with van der Waals surface area (Å²) in [5.41, 5.74) is 3.81. The van der Waals surface area contributed by atoms with Crippen LogP contribution in [0.4, 0.5) is 5.69 Å². The van der Waals surface area contributed by atoms with Gasteiger partial charge in [0, 0.05) is 5.69 Å². The zero-order valence-corrected chi connectivity index (χ0v) is 12.8. The van der Waals surface area contributed by atoms with Gasteiger partial charge in [-0.05, 0) is 48.1 Å². The normalized spacial score (nSPS) is 16.4. The highest BCUT2D eigenvalue weighted by Gasteiger charge is 2.26. The number of carbonyl (C=O) groups excluding carboxylic acids is 1.